The molecule has 0 spiro atoms. The lowest BCUT2D eigenvalue weighted by Gasteiger charge is -2.10. The average molecular weight is 188 g/mol. The van der Waals surface area contributed by atoms with Crippen molar-refractivity contribution in [3.8, 4) is 0 Å². The number of benzene rings is 1. The molecular weight excluding hydrogens is 176 g/mol. The van der Waals surface area contributed by atoms with E-state index in [4.69, 9.17) is 4.42 Å². The first kappa shape index (κ1) is 7.85. The normalized spacial score (nSPS) is 16.7. The van der Waals surface area contributed by atoms with Crippen LogP contribution < -0.4 is 4.90 Å². The SMILES string of the molecule is c1ccc2oc(N3CCCC3)nc2c1. The highest BCUT2D eigenvalue weighted by molar-refractivity contribution is 5.74. The number of hydrogen-bond acceptors (Lipinski definition) is 3. The van der Waals surface area contributed by atoms with Crippen LogP contribution in [-0.2, 0) is 0 Å². The van der Waals surface area contributed by atoms with E-state index >= 15 is 0 Å². The van der Waals surface area contributed by atoms with E-state index in [1.54, 1.807) is 0 Å². The summed E-state index contributed by atoms with van der Waals surface area (Å²) >= 11 is 0. The number of para-hydroxylation sites is 2. The zero-order chi connectivity index (χ0) is 9.38. The fraction of sp³-hybridized carbons (Fsp3) is 0.364. The number of nitrogens with zero attached hydrogens (tertiary/aromatic N) is 2. The highest BCUT2D eigenvalue weighted by atomic mass is 16.4. The number of aromatic nitrogens is 1. The molecular formula is C11H12N2O. The summed E-state index contributed by atoms with van der Waals surface area (Å²) in [5.74, 6) is 0. The van der Waals surface area contributed by atoms with Gasteiger partial charge in [0.15, 0.2) is 5.58 Å². The van der Waals surface area contributed by atoms with Gasteiger partial charge >= 0.3 is 0 Å². The molecule has 3 rings (SSSR count). The molecule has 1 saturated heterocycles. The second kappa shape index (κ2) is 3.01. The van der Waals surface area contributed by atoms with Crippen molar-refractivity contribution in [2.24, 2.45) is 0 Å². The largest absolute Gasteiger partial charge is 0.423 e. The summed E-state index contributed by atoms with van der Waals surface area (Å²) in [6.07, 6.45) is 2.50. The zero-order valence-corrected chi connectivity index (χ0v) is 7.94. The maximum Gasteiger partial charge on any atom is 0.298 e. The third-order valence-corrected chi connectivity index (χ3v) is 2.66. The van der Waals surface area contributed by atoms with Crippen LogP contribution in [0.1, 0.15) is 12.8 Å². The minimum Gasteiger partial charge on any atom is -0.423 e. The van der Waals surface area contributed by atoms with Gasteiger partial charge in [-0.2, -0.15) is 4.98 Å². The highest BCUT2D eigenvalue weighted by Crippen LogP contribution is 2.24. The van der Waals surface area contributed by atoms with Gasteiger partial charge in [-0.1, -0.05) is 12.1 Å². The monoisotopic (exact) mass is 188 g/mol. The first-order valence-corrected chi connectivity index (χ1v) is 5.04. The van der Waals surface area contributed by atoms with Crippen LogP contribution in [0, 0.1) is 0 Å². The molecule has 0 N–H and O–H groups in total. The summed E-state index contributed by atoms with van der Waals surface area (Å²) in [5, 5.41) is 0. The molecule has 2 heterocycles. The van der Waals surface area contributed by atoms with E-state index in [1.165, 1.54) is 12.8 Å². The Morgan fingerprint density at radius 1 is 1.14 bits per heavy atom. The van der Waals surface area contributed by atoms with Crippen molar-refractivity contribution in [1.29, 1.82) is 0 Å². The van der Waals surface area contributed by atoms with Gasteiger partial charge in [-0.15, -0.1) is 0 Å². The van der Waals surface area contributed by atoms with Crippen molar-refractivity contribution >= 4 is 17.1 Å². The molecule has 0 aliphatic carbocycles. The van der Waals surface area contributed by atoms with Crippen molar-refractivity contribution in [2.45, 2.75) is 12.8 Å². The molecule has 0 saturated carbocycles. The van der Waals surface area contributed by atoms with E-state index < -0.39 is 0 Å². The molecule has 3 heteroatoms. The predicted octanol–water partition coefficient (Wildman–Crippen LogP) is 2.43. The first-order chi connectivity index (χ1) is 6.93. The topological polar surface area (TPSA) is 29.3 Å². The molecule has 1 aliphatic heterocycles. The van der Waals surface area contributed by atoms with Crippen LogP contribution in [0.4, 0.5) is 6.01 Å². The van der Waals surface area contributed by atoms with E-state index in [0.717, 1.165) is 30.2 Å². The van der Waals surface area contributed by atoms with Gasteiger partial charge in [0.05, 0.1) is 0 Å². The minimum absolute atomic E-state index is 0.781. The molecule has 0 amide bonds. The Morgan fingerprint density at radius 3 is 2.71 bits per heavy atom. The van der Waals surface area contributed by atoms with Crippen molar-refractivity contribution < 1.29 is 4.42 Å². The summed E-state index contributed by atoms with van der Waals surface area (Å²) in [6, 6.07) is 8.68. The first-order valence-electron chi connectivity index (χ1n) is 5.04. The highest BCUT2D eigenvalue weighted by Gasteiger charge is 2.17. The van der Waals surface area contributed by atoms with E-state index in [1.807, 2.05) is 24.3 Å². The Morgan fingerprint density at radius 2 is 1.93 bits per heavy atom. The minimum atomic E-state index is 0.781. The maximum atomic E-state index is 5.67. The van der Waals surface area contributed by atoms with Crippen molar-refractivity contribution in [3.63, 3.8) is 0 Å². The number of fused-ring (bicyclic) bond motifs is 1. The fourth-order valence-corrected chi connectivity index (χ4v) is 1.90. The van der Waals surface area contributed by atoms with E-state index in [2.05, 4.69) is 9.88 Å². The van der Waals surface area contributed by atoms with Gasteiger partial charge < -0.3 is 9.32 Å². The molecule has 72 valence electrons. The Balaban J connectivity index is 2.05. The summed E-state index contributed by atoms with van der Waals surface area (Å²) < 4.78 is 5.67. The molecule has 0 radical (unpaired) electrons. The van der Waals surface area contributed by atoms with Crippen molar-refractivity contribution in [3.05, 3.63) is 24.3 Å². The summed E-state index contributed by atoms with van der Waals surface area (Å²) in [6.45, 7) is 2.15. The number of rotatable bonds is 1. The second-order valence-electron chi connectivity index (χ2n) is 3.66. The molecule has 1 aliphatic rings. The zero-order valence-electron chi connectivity index (χ0n) is 7.94. The smallest absolute Gasteiger partial charge is 0.298 e. The quantitative estimate of drug-likeness (QED) is 0.688. The molecule has 0 bridgehead atoms. The number of oxazole rings is 1. The summed E-state index contributed by atoms with van der Waals surface area (Å²) in [7, 11) is 0. The van der Waals surface area contributed by atoms with E-state index in [9.17, 15) is 0 Å². The maximum absolute atomic E-state index is 5.67. The lowest BCUT2D eigenvalue weighted by Crippen LogP contribution is -2.17. The molecule has 0 unspecified atom stereocenters. The van der Waals surface area contributed by atoms with Crippen LogP contribution in [0.2, 0.25) is 0 Å². The molecule has 1 aromatic carbocycles. The molecule has 2 aromatic rings. The van der Waals surface area contributed by atoms with Crippen LogP contribution in [0.25, 0.3) is 11.1 Å². The summed E-state index contributed by atoms with van der Waals surface area (Å²) in [5.41, 5.74) is 1.84. The van der Waals surface area contributed by atoms with E-state index in [0.29, 0.717) is 0 Å². The Hall–Kier alpha value is -1.51. The van der Waals surface area contributed by atoms with Crippen LogP contribution in [0.5, 0.6) is 0 Å². The van der Waals surface area contributed by atoms with Gasteiger partial charge in [-0.3, -0.25) is 0 Å². The van der Waals surface area contributed by atoms with Crippen LogP contribution in [0.15, 0.2) is 28.7 Å². The van der Waals surface area contributed by atoms with Crippen LogP contribution >= 0.6 is 0 Å². The van der Waals surface area contributed by atoms with Gasteiger partial charge in [-0.25, -0.2) is 0 Å². The van der Waals surface area contributed by atoms with Gasteiger partial charge in [-0.05, 0) is 25.0 Å². The lowest BCUT2D eigenvalue weighted by atomic mass is 10.3. The number of anilines is 1. The predicted molar refractivity (Wildman–Crippen MR) is 55.5 cm³/mol. The molecule has 0 atom stereocenters. The van der Waals surface area contributed by atoms with Crippen molar-refractivity contribution in [2.75, 3.05) is 18.0 Å². The third kappa shape index (κ3) is 1.16. The standard InChI is InChI=1S/C11H12N2O/c1-2-6-10-9(5-1)12-11(14-10)13-7-3-4-8-13/h1-2,5-6H,3-4,7-8H2. The Kier molecular flexibility index (Phi) is 1.69. The Labute approximate surface area is 82.3 Å². The molecule has 1 fully saturated rings. The van der Waals surface area contributed by atoms with Gasteiger partial charge in [0.1, 0.15) is 5.52 Å². The van der Waals surface area contributed by atoms with Gasteiger partial charge in [0.25, 0.3) is 6.01 Å². The number of hydrogen-bond donors (Lipinski definition) is 0. The Bertz CT molecular complexity index is 410. The van der Waals surface area contributed by atoms with Gasteiger partial charge in [0, 0.05) is 13.1 Å². The van der Waals surface area contributed by atoms with E-state index in [-0.39, 0.29) is 0 Å². The molecule has 14 heavy (non-hydrogen) atoms. The molecule has 3 nitrogen and oxygen atoms in total. The third-order valence-electron chi connectivity index (χ3n) is 2.66. The molecule has 1 aromatic heterocycles. The average Bonchev–Trinajstić information content (AvgIpc) is 2.86. The second-order valence-corrected chi connectivity index (χ2v) is 3.66. The van der Waals surface area contributed by atoms with Crippen LogP contribution in [-0.4, -0.2) is 18.1 Å². The van der Waals surface area contributed by atoms with Crippen molar-refractivity contribution in [1.82, 2.24) is 4.98 Å². The van der Waals surface area contributed by atoms with Gasteiger partial charge in [0.2, 0.25) is 0 Å². The summed E-state index contributed by atoms with van der Waals surface area (Å²) in [4.78, 5) is 6.66. The fourth-order valence-electron chi connectivity index (χ4n) is 1.90. The van der Waals surface area contributed by atoms with Crippen LogP contribution in [0.3, 0.4) is 0 Å². The lowest BCUT2D eigenvalue weighted by molar-refractivity contribution is 0.585.